The van der Waals surface area contributed by atoms with Crippen LogP contribution in [0.15, 0.2) is 24.4 Å². The fourth-order valence-corrected chi connectivity index (χ4v) is 4.82. The molecule has 2 aromatic rings. The summed E-state index contributed by atoms with van der Waals surface area (Å²) in [6.07, 6.45) is 5.86. The van der Waals surface area contributed by atoms with E-state index in [1.807, 2.05) is 43.4 Å². The predicted molar refractivity (Wildman–Crippen MR) is 125 cm³/mol. The van der Waals surface area contributed by atoms with Gasteiger partial charge < -0.3 is 19.7 Å². The van der Waals surface area contributed by atoms with Crippen molar-refractivity contribution in [1.29, 1.82) is 0 Å². The first kappa shape index (κ1) is 23.3. The van der Waals surface area contributed by atoms with Crippen LogP contribution < -0.4 is 19.7 Å². The Morgan fingerprint density at radius 1 is 1.32 bits per heavy atom. The summed E-state index contributed by atoms with van der Waals surface area (Å²) in [4.78, 5) is 22.7. The molecular weight excluding hydrogens is 412 g/mol. The van der Waals surface area contributed by atoms with Crippen molar-refractivity contribution in [3.63, 3.8) is 0 Å². The van der Waals surface area contributed by atoms with Crippen LogP contribution in [-0.2, 0) is 17.9 Å². The third-order valence-corrected chi connectivity index (χ3v) is 6.81. The van der Waals surface area contributed by atoms with Crippen LogP contribution in [0.4, 0.5) is 5.13 Å². The van der Waals surface area contributed by atoms with Crippen molar-refractivity contribution in [3.8, 4) is 11.5 Å². The number of ether oxygens (including phenoxy) is 2. The van der Waals surface area contributed by atoms with Gasteiger partial charge in [-0.05, 0) is 43.9 Å². The summed E-state index contributed by atoms with van der Waals surface area (Å²) in [7, 11) is 7.30. The second-order valence-electron chi connectivity index (χ2n) is 8.24. The maximum Gasteiger partial charge on any atom is 0.220 e. The molecular formula is C23H34N4O3S. The van der Waals surface area contributed by atoms with Gasteiger partial charge in [0.25, 0.3) is 0 Å². The minimum Gasteiger partial charge on any atom is -0.497 e. The van der Waals surface area contributed by atoms with E-state index >= 15 is 0 Å². The largest absolute Gasteiger partial charge is 0.497 e. The molecule has 1 saturated heterocycles. The highest BCUT2D eigenvalue weighted by molar-refractivity contribution is 7.15. The maximum atomic E-state index is 12.4. The van der Waals surface area contributed by atoms with Gasteiger partial charge in [0.15, 0.2) is 5.13 Å². The van der Waals surface area contributed by atoms with Crippen molar-refractivity contribution in [2.45, 2.75) is 38.8 Å². The molecule has 1 aromatic heterocycles. The lowest BCUT2D eigenvalue weighted by Gasteiger charge is -2.32. The summed E-state index contributed by atoms with van der Waals surface area (Å²) in [5.41, 5.74) is 0.946. The summed E-state index contributed by atoms with van der Waals surface area (Å²) in [5, 5.41) is 4.08. The number of nitrogens with one attached hydrogen (secondary N) is 1. The zero-order valence-corrected chi connectivity index (χ0v) is 19.8. The Hall–Kier alpha value is -2.32. The number of rotatable bonds is 10. The predicted octanol–water partition coefficient (Wildman–Crippen LogP) is 3.53. The Morgan fingerprint density at radius 2 is 2.16 bits per heavy atom. The van der Waals surface area contributed by atoms with Gasteiger partial charge in [-0.15, -0.1) is 11.3 Å². The van der Waals surface area contributed by atoms with Crippen LogP contribution in [-0.4, -0.2) is 57.2 Å². The van der Waals surface area contributed by atoms with Crippen LogP contribution in [0.5, 0.6) is 11.5 Å². The number of thiazole rings is 1. The number of nitrogens with zero attached hydrogens (tertiary/aromatic N) is 3. The molecule has 0 aliphatic carbocycles. The minimum atomic E-state index is 0.0908. The minimum absolute atomic E-state index is 0.0908. The molecule has 1 amide bonds. The number of carbonyl (C=O) groups is 1. The quantitative estimate of drug-likeness (QED) is 0.602. The zero-order valence-electron chi connectivity index (χ0n) is 19.0. The molecule has 1 N–H and O–H groups in total. The fourth-order valence-electron chi connectivity index (χ4n) is 3.94. The number of benzene rings is 1. The lowest BCUT2D eigenvalue weighted by Crippen LogP contribution is -2.35. The summed E-state index contributed by atoms with van der Waals surface area (Å²) in [5.74, 6) is 2.12. The second-order valence-corrected chi connectivity index (χ2v) is 9.33. The Labute approximate surface area is 189 Å². The summed E-state index contributed by atoms with van der Waals surface area (Å²) >= 11 is 1.75. The second kappa shape index (κ2) is 11.3. The van der Waals surface area contributed by atoms with Gasteiger partial charge in [0.05, 0.1) is 14.2 Å². The van der Waals surface area contributed by atoms with Crippen molar-refractivity contribution in [3.05, 3.63) is 34.8 Å². The Balaban J connectivity index is 1.42. The number of anilines is 1. The molecule has 1 aliphatic rings. The van der Waals surface area contributed by atoms with Gasteiger partial charge in [-0.3, -0.25) is 9.69 Å². The van der Waals surface area contributed by atoms with Crippen LogP contribution in [0.1, 0.15) is 36.1 Å². The first-order valence-corrected chi connectivity index (χ1v) is 11.6. The van der Waals surface area contributed by atoms with Gasteiger partial charge in [-0.25, -0.2) is 4.98 Å². The van der Waals surface area contributed by atoms with Crippen LogP contribution in [0.25, 0.3) is 0 Å². The molecule has 0 bridgehead atoms. The number of hydrogen-bond acceptors (Lipinski definition) is 7. The number of carbonyl (C=O) groups excluding carboxylic acids is 1. The Bertz CT molecular complexity index is 855. The van der Waals surface area contributed by atoms with E-state index in [-0.39, 0.29) is 5.91 Å². The number of amides is 1. The molecule has 0 unspecified atom stereocenters. The van der Waals surface area contributed by atoms with Gasteiger partial charge in [0.1, 0.15) is 11.5 Å². The monoisotopic (exact) mass is 446 g/mol. The molecule has 1 aliphatic heterocycles. The van der Waals surface area contributed by atoms with E-state index in [9.17, 15) is 4.79 Å². The number of piperidine rings is 1. The van der Waals surface area contributed by atoms with Crippen LogP contribution >= 0.6 is 11.3 Å². The SMILES string of the molecule is COc1ccc(CNC(=O)CC[C@H]2CCCN(Cc3cnc(N(C)C)s3)C2)c(OC)c1. The molecule has 7 nitrogen and oxygen atoms in total. The highest BCUT2D eigenvalue weighted by atomic mass is 32.1. The molecule has 31 heavy (non-hydrogen) atoms. The average molecular weight is 447 g/mol. The van der Waals surface area contributed by atoms with Gasteiger partial charge in [-0.1, -0.05) is 0 Å². The topological polar surface area (TPSA) is 66.9 Å². The van der Waals surface area contributed by atoms with E-state index in [1.54, 1.807) is 25.6 Å². The highest BCUT2D eigenvalue weighted by Crippen LogP contribution is 2.27. The Kier molecular flexibility index (Phi) is 8.54. The van der Waals surface area contributed by atoms with E-state index in [0.717, 1.165) is 48.2 Å². The van der Waals surface area contributed by atoms with Crippen molar-refractivity contribution in [2.24, 2.45) is 5.92 Å². The van der Waals surface area contributed by atoms with Gasteiger partial charge in [0.2, 0.25) is 5.91 Å². The van der Waals surface area contributed by atoms with Crippen LogP contribution in [0.2, 0.25) is 0 Å². The summed E-state index contributed by atoms with van der Waals surface area (Å²) < 4.78 is 10.6. The molecule has 170 valence electrons. The maximum absolute atomic E-state index is 12.4. The summed E-state index contributed by atoms with van der Waals surface area (Å²) in [6.45, 7) is 3.58. The van der Waals surface area contributed by atoms with E-state index in [4.69, 9.17) is 9.47 Å². The standard InChI is InChI=1S/C23H34N4O3S/c1-26(2)23-25-14-20(31-23)16-27-11-5-6-17(15-27)7-10-22(28)24-13-18-8-9-19(29-3)12-21(18)30-4/h8-9,12,14,17H,5-7,10-11,13,15-16H2,1-4H3,(H,24,28)/t17-/m1/s1. The highest BCUT2D eigenvalue weighted by Gasteiger charge is 2.21. The van der Waals surface area contributed by atoms with E-state index in [1.165, 1.54) is 17.7 Å². The molecule has 2 heterocycles. The van der Waals surface area contributed by atoms with Crippen molar-refractivity contribution >= 4 is 22.4 Å². The average Bonchev–Trinajstić information content (AvgIpc) is 3.25. The normalized spacial score (nSPS) is 16.7. The number of likely N-dealkylation sites (tertiary alicyclic amines) is 1. The number of hydrogen-bond donors (Lipinski definition) is 1. The third kappa shape index (κ3) is 6.83. The van der Waals surface area contributed by atoms with Gasteiger partial charge >= 0.3 is 0 Å². The van der Waals surface area contributed by atoms with Crippen LogP contribution in [0, 0.1) is 5.92 Å². The van der Waals surface area contributed by atoms with Crippen LogP contribution in [0.3, 0.4) is 0 Å². The lowest BCUT2D eigenvalue weighted by atomic mass is 9.93. The van der Waals surface area contributed by atoms with Crippen molar-refractivity contribution in [2.75, 3.05) is 46.3 Å². The van der Waals surface area contributed by atoms with Gasteiger partial charge in [0, 0.05) is 62.9 Å². The van der Waals surface area contributed by atoms with Crippen molar-refractivity contribution in [1.82, 2.24) is 15.2 Å². The first-order valence-electron chi connectivity index (χ1n) is 10.8. The zero-order chi connectivity index (χ0) is 22.2. The fraction of sp³-hybridized carbons (Fsp3) is 0.565. The molecule has 8 heteroatoms. The first-order chi connectivity index (χ1) is 15.0. The smallest absolute Gasteiger partial charge is 0.220 e. The molecule has 1 fully saturated rings. The molecule has 0 saturated carbocycles. The molecule has 1 aromatic carbocycles. The molecule has 0 spiro atoms. The van der Waals surface area contributed by atoms with E-state index in [0.29, 0.717) is 18.9 Å². The number of methoxy groups -OCH3 is 2. The van der Waals surface area contributed by atoms with E-state index in [2.05, 4.69) is 15.2 Å². The molecule has 1 atom stereocenters. The van der Waals surface area contributed by atoms with Gasteiger partial charge in [-0.2, -0.15) is 0 Å². The molecule has 3 rings (SSSR count). The summed E-state index contributed by atoms with van der Waals surface area (Å²) in [6, 6.07) is 5.64. The third-order valence-electron chi connectivity index (χ3n) is 5.66. The van der Waals surface area contributed by atoms with E-state index < -0.39 is 0 Å². The number of aromatic nitrogens is 1. The lowest BCUT2D eigenvalue weighted by molar-refractivity contribution is -0.121. The Morgan fingerprint density at radius 3 is 2.87 bits per heavy atom. The van der Waals surface area contributed by atoms with Crippen molar-refractivity contribution < 1.29 is 14.3 Å². The molecule has 0 radical (unpaired) electrons.